The van der Waals surface area contributed by atoms with Crippen LogP contribution in [0.4, 0.5) is 0 Å². The zero-order chi connectivity index (χ0) is 27.1. The molecule has 0 fully saturated rings. The molecule has 0 aromatic carbocycles. The maximum absolute atomic E-state index is 10.1. The first kappa shape index (κ1) is 36.1. The lowest BCUT2D eigenvalue weighted by atomic mass is 10.2. The van der Waals surface area contributed by atoms with Gasteiger partial charge in [0.2, 0.25) is 5.78 Å². The van der Waals surface area contributed by atoms with Crippen molar-refractivity contribution in [3.05, 3.63) is 0 Å². The number of aldehydes is 1. The van der Waals surface area contributed by atoms with Gasteiger partial charge in [0.1, 0.15) is 30.8 Å². The minimum atomic E-state index is -1.86. The fourth-order valence-corrected chi connectivity index (χ4v) is 0.898. The lowest BCUT2D eigenvalue weighted by molar-refractivity contribution is -0.438. The molecule has 33 heavy (non-hydrogen) atoms. The number of hydrogen-bond donors (Lipinski definition) is 2. The summed E-state index contributed by atoms with van der Waals surface area (Å²) in [5.74, 6) is -11.1. The molecular formula is C16H20N2O15-4. The van der Waals surface area contributed by atoms with E-state index in [-0.39, 0.29) is 25.7 Å². The first-order valence-electron chi connectivity index (χ1n) is 8.37. The smallest absolute Gasteiger partial charge is 0.232 e. The first-order valence-corrected chi connectivity index (χ1v) is 8.37. The summed E-state index contributed by atoms with van der Waals surface area (Å²) in [6, 6.07) is -0.960. The van der Waals surface area contributed by atoms with Crippen molar-refractivity contribution in [3.8, 4) is 0 Å². The third-order valence-corrected chi connectivity index (χ3v) is 2.52. The third kappa shape index (κ3) is 35.6. The Bertz CT molecular complexity index is 717. The highest BCUT2D eigenvalue weighted by Gasteiger charge is 2.05. The van der Waals surface area contributed by atoms with Crippen LogP contribution < -0.4 is 42.1 Å². The van der Waals surface area contributed by atoms with Crippen LogP contribution in [0.2, 0.25) is 0 Å². The summed E-state index contributed by atoms with van der Waals surface area (Å²) in [7, 11) is 0. The van der Waals surface area contributed by atoms with Crippen molar-refractivity contribution in [3.63, 3.8) is 0 Å². The highest BCUT2D eigenvalue weighted by atomic mass is 16.4. The van der Waals surface area contributed by atoms with Crippen LogP contribution in [0.3, 0.4) is 0 Å². The van der Waals surface area contributed by atoms with E-state index in [1.54, 1.807) is 0 Å². The Labute approximate surface area is 184 Å². The number of carbonyl (C=O) groups is 9. The maximum Gasteiger partial charge on any atom is 0.232 e. The van der Waals surface area contributed by atoms with Crippen molar-refractivity contribution in [2.75, 3.05) is 6.54 Å². The van der Waals surface area contributed by atoms with Crippen molar-refractivity contribution in [2.45, 2.75) is 38.1 Å². The van der Waals surface area contributed by atoms with Crippen molar-refractivity contribution in [1.82, 2.24) is 0 Å². The SMILES string of the molecule is O=C([O-])CCC(=O)C(=O)[O-].O=CCC(=O)[O-].[NH3+]C(CCC(=O)[O-])C(=O)[O-].[NH3+]CC(=O)C(=O)[O-]. The molecule has 0 aromatic rings. The second kappa shape index (κ2) is 22.4. The highest BCUT2D eigenvalue weighted by Crippen LogP contribution is 1.89. The van der Waals surface area contributed by atoms with Crippen LogP contribution in [0.1, 0.15) is 32.1 Å². The number of rotatable bonds is 12. The second-order valence-corrected chi connectivity index (χ2v) is 5.21. The van der Waals surface area contributed by atoms with Crippen LogP contribution in [0.5, 0.6) is 0 Å². The van der Waals surface area contributed by atoms with Crippen molar-refractivity contribution in [2.24, 2.45) is 0 Å². The molecule has 0 aliphatic rings. The molecule has 17 heteroatoms. The topological polar surface area (TPSA) is 347 Å². The molecule has 17 nitrogen and oxygen atoms in total. The standard InChI is InChI=1S/C5H9NO4.C5H6O5.C3H5NO3.C3H4O3/c2*6-3(5(9)10)1-2-4(7)8;4-1-2(5)3(6)7;4-2-1-3(5)6/h3H,1-2,6H2,(H,7,8)(H,9,10);1-2H2,(H,7,8)(H,9,10);1,4H2,(H,6,7);2H,1H2,(H,5,6)/p-4. The Morgan fingerprint density at radius 1 is 0.667 bits per heavy atom. The van der Waals surface area contributed by atoms with Gasteiger partial charge >= 0.3 is 0 Å². The van der Waals surface area contributed by atoms with E-state index in [1.807, 2.05) is 0 Å². The van der Waals surface area contributed by atoms with Gasteiger partial charge in [-0.15, -0.1) is 0 Å². The number of ketones is 2. The van der Waals surface area contributed by atoms with E-state index < -0.39 is 72.7 Å². The fourth-order valence-electron chi connectivity index (χ4n) is 0.898. The summed E-state index contributed by atoms with van der Waals surface area (Å²) in [6.45, 7) is -0.234. The van der Waals surface area contributed by atoms with E-state index in [0.29, 0.717) is 0 Å². The van der Waals surface area contributed by atoms with E-state index in [9.17, 15) is 73.8 Å². The minimum absolute atomic E-state index is 0.0370. The Kier molecular flexibility index (Phi) is 24.6. The molecule has 0 aliphatic heterocycles. The molecule has 0 aromatic heterocycles. The number of carboxylic acids is 6. The second-order valence-electron chi connectivity index (χ2n) is 5.21. The molecule has 0 rings (SSSR count). The lowest BCUT2D eigenvalue weighted by Gasteiger charge is -2.08. The van der Waals surface area contributed by atoms with Gasteiger partial charge in [-0.05, 0) is 12.8 Å². The number of carboxylic acid groups (broad SMARTS) is 6. The molecule has 0 saturated heterocycles. The maximum atomic E-state index is 10.1. The van der Waals surface area contributed by atoms with Crippen LogP contribution in [0.15, 0.2) is 0 Å². The summed E-state index contributed by atoms with van der Waals surface area (Å²) in [5, 5.41) is 57.7. The molecule has 188 valence electrons. The van der Waals surface area contributed by atoms with E-state index in [4.69, 9.17) is 0 Å². The summed E-state index contributed by atoms with van der Waals surface area (Å²) >= 11 is 0. The molecule has 6 N–H and O–H groups in total. The van der Waals surface area contributed by atoms with E-state index >= 15 is 0 Å². The number of quaternary nitrogens is 2. The molecule has 0 bridgehead atoms. The minimum Gasteiger partial charge on any atom is -0.550 e. The van der Waals surface area contributed by atoms with Crippen LogP contribution in [0.25, 0.3) is 0 Å². The Morgan fingerprint density at radius 3 is 1.27 bits per heavy atom. The quantitative estimate of drug-likeness (QED) is 0.149. The van der Waals surface area contributed by atoms with Crippen LogP contribution in [0, 0.1) is 0 Å². The number of aliphatic carboxylic acids is 6. The van der Waals surface area contributed by atoms with Gasteiger partial charge in [-0.1, -0.05) is 0 Å². The van der Waals surface area contributed by atoms with Crippen LogP contribution in [-0.2, 0) is 43.2 Å². The van der Waals surface area contributed by atoms with Gasteiger partial charge in [-0.25, -0.2) is 0 Å². The Balaban J connectivity index is -0.000000174. The molecule has 1 unspecified atom stereocenters. The van der Waals surface area contributed by atoms with Gasteiger partial charge in [-0.2, -0.15) is 0 Å². The Hall–Kier alpha value is -4.25. The van der Waals surface area contributed by atoms with Crippen LogP contribution in [-0.4, -0.2) is 66.3 Å². The molecule has 1 atom stereocenters. The first-order chi connectivity index (χ1) is 15.0. The normalized spacial score (nSPS) is 9.52. The van der Waals surface area contributed by atoms with E-state index in [0.717, 1.165) is 0 Å². The fraction of sp³-hybridized carbons (Fsp3) is 0.438. The number of carbonyl (C=O) groups excluding carboxylic acids is 9. The van der Waals surface area contributed by atoms with Gasteiger partial charge in [0.15, 0.2) is 5.78 Å². The molecular weight excluding hydrogens is 460 g/mol. The predicted octanol–water partition coefficient (Wildman–Crippen LogP) is -12.4. The summed E-state index contributed by atoms with van der Waals surface area (Å²) in [6.07, 6.45) is -1.68. The van der Waals surface area contributed by atoms with Crippen molar-refractivity contribution < 1.29 is 85.3 Å². The molecule has 0 amide bonds. The average molecular weight is 480 g/mol. The van der Waals surface area contributed by atoms with Gasteiger partial charge in [0.05, 0.1) is 5.97 Å². The van der Waals surface area contributed by atoms with Crippen molar-refractivity contribution >= 4 is 53.7 Å². The summed E-state index contributed by atoms with van der Waals surface area (Å²) in [4.78, 5) is 86.7. The Morgan fingerprint density at radius 2 is 1.09 bits per heavy atom. The zero-order valence-corrected chi connectivity index (χ0v) is 16.9. The number of Topliss-reactive ketones (excluding diaryl/α,β-unsaturated/α-hetero) is 2. The highest BCUT2D eigenvalue weighted by molar-refractivity contribution is 6.32. The lowest BCUT2D eigenvalue weighted by Crippen LogP contribution is -2.68. The zero-order valence-electron chi connectivity index (χ0n) is 16.9. The van der Waals surface area contributed by atoms with Gasteiger partial charge in [-0.3, -0.25) is 9.59 Å². The van der Waals surface area contributed by atoms with E-state index in [1.165, 1.54) is 0 Å². The average Bonchev–Trinajstić information content (AvgIpc) is 2.70. The van der Waals surface area contributed by atoms with Gasteiger partial charge in [0, 0.05) is 37.2 Å². The van der Waals surface area contributed by atoms with Gasteiger partial charge < -0.3 is 75.7 Å². The van der Waals surface area contributed by atoms with Gasteiger partial charge in [0.25, 0.3) is 0 Å². The summed E-state index contributed by atoms with van der Waals surface area (Å²) < 4.78 is 0. The van der Waals surface area contributed by atoms with E-state index in [2.05, 4.69) is 11.5 Å². The monoisotopic (exact) mass is 480 g/mol. The van der Waals surface area contributed by atoms with Crippen LogP contribution >= 0.6 is 0 Å². The molecule has 0 saturated carbocycles. The van der Waals surface area contributed by atoms with Crippen molar-refractivity contribution in [1.29, 1.82) is 0 Å². The molecule has 0 aliphatic carbocycles. The number of hydrogen-bond acceptors (Lipinski definition) is 15. The summed E-state index contributed by atoms with van der Waals surface area (Å²) in [5.41, 5.74) is 6.19. The third-order valence-electron chi connectivity index (χ3n) is 2.52. The molecule has 0 heterocycles. The largest absolute Gasteiger partial charge is 0.550 e. The molecule has 0 spiro atoms. The molecule has 0 radical (unpaired) electrons. The predicted molar refractivity (Wildman–Crippen MR) is 83.6 cm³/mol.